The van der Waals surface area contributed by atoms with Gasteiger partial charge < -0.3 is 15.4 Å². The first kappa shape index (κ1) is 15.2. The molecule has 1 aromatic heterocycles. The molecule has 1 saturated heterocycles. The van der Waals surface area contributed by atoms with Gasteiger partial charge in [-0.2, -0.15) is 0 Å². The summed E-state index contributed by atoms with van der Waals surface area (Å²) in [4.78, 5) is 26.5. The largest absolute Gasteiger partial charge is 0.374 e. The van der Waals surface area contributed by atoms with Crippen LogP contribution in [0.4, 0.5) is 0 Å². The molecule has 2 aromatic rings. The Bertz CT molecular complexity index is 722. The number of rotatable bonds is 4. The van der Waals surface area contributed by atoms with Crippen LogP contribution < -0.4 is 11.3 Å². The van der Waals surface area contributed by atoms with E-state index in [2.05, 4.69) is 0 Å². The van der Waals surface area contributed by atoms with Crippen LogP contribution in [0.1, 0.15) is 6.42 Å². The fourth-order valence-corrected chi connectivity index (χ4v) is 3.64. The quantitative estimate of drug-likeness (QED) is 0.896. The highest BCUT2D eigenvalue weighted by molar-refractivity contribution is 7.13. The average molecular weight is 321 g/mol. The van der Waals surface area contributed by atoms with Crippen molar-refractivity contribution in [1.82, 2.24) is 8.86 Å². The van der Waals surface area contributed by atoms with Gasteiger partial charge in [-0.1, -0.05) is 23.7 Å². The molecule has 118 valence electrons. The summed E-state index contributed by atoms with van der Waals surface area (Å²) < 4.78 is 8.01. The number of nitrogens with two attached hydrogens (primary N) is 1. The number of carbonyl (C=O) groups is 1. The molecule has 22 heavy (non-hydrogen) atoms. The maximum Gasteiger partial charge on any atom is 0.268 e. The Labute approximate surface area is 132 Å². The minimum atomic E-state index is -0.0966. The molecule has 6 nitrogen and oxygen atoms in total. The summed E-state index contributed by atoms with van der Waals surface area (Å²) in [6.07, 6.45) is 0.744. The van der Waals surface area contributed by atoms with Crippen LogP contribution in [0.2, 0.25) is 0 Å². The average Bonchev–Trinajstić information content (AvgIpc) is 2.85. The molecule has 7 heteroatoms. The van der Waals surface area contributed by atoms with E-state index in [4.69, 9.17) is 10.5 Å². The molecule has 1 atom stereocenters. The molecule has 1 aliphatic rings. The predicted molar refractivity (Wildman–Crippen MR) is 86.1 cm³/mol. The first-order valence-corrected chi connectivity index (χ1v) is 8.14. The number of nitrogens with zero attached hydrogens (tertiary/aromatic N) is 2. The second-order valence-corrected chi connectivity index (χ2v) is 6.40. The molecule has 1 aliphatic heterocycles. The normalized spacial score (nSPS) is 18.8. The van der Waals surface area contributed by atoms with E-state index >= 15 is 0 Å². The Morgan fingerprint density at radius 1 is 1.41 bits per heavy atom. The Morgan fingerprint density at radius 3 is 3.00 bits per heavy atom. The van der Waals surface area contributed by atoms with Crippen molar-refractivity contribution >= 4 is 27.5 Å². The summed E-state index contributed by atoms with van der Waals surface area (Å²) in [5, 5.41) is 0.670. The summed E-state index contributed by atoms with van der Waals surface area (Å²) >= 11 is 1.33. The standard InChI is InChI=1S/C15H19N3O3S/c16-6-5-11-9-17(7-8-21-11)14(19)10-18-15(20)12-3-1-2-4-13(12)22-18/h1-4,11H,5-10,16H2/t11-/m1/s1. The highest BCUT2D eigenvalue weighted by atomic mass is 32.1. The lowest BCUT2D eigenvalue weighted by atomic mass is 10.2. The van der Waals surface area contributed by atoms with Gasteiger partial charge in [0.2, 0.25) is 5.91 Å². The van der Waals surface area contributed by atoms with E-state index in [1.807, 2.05) is 18.2 Å². The SMILES string of the molecule is NCC[C@@H]1CN(C(=O)Cn2sc3ccccc3c2=O)CCO1. The second kappa shape index (κ2) is 6.60. The molecule has 2 N–H and O–H groups in total. The number of morpholine rings is 1. The van der Waals surface area contributed by atoms with E-state index in [0.29, 0.717) is 31.6 Å². The molecule has 1 amide bonds. The highest BCUT2D eigenvalue weighted by Crippen LogP contribution is 2.16. The van der Waals surface area contributed by atoms with Crippen LogP contribution in [0.25, 0.3) is 10.1 Å². The minimum Gasteiger partial charge on any atom is -0.374 e. The van der Waals surface area contributed by atoms with Crippen LogP contribution >= 0.6 is 11.5 Å². The van der Waals surface area contributed by atoms with Gasteiger partial charge in [0.15, 0.2) is 0 Å². The Morgan fingerprint density at radius 2 is 2.23 bits per heavy atom. The van der Waals surface area contributed by atoms with Crippen molar-refractivity contribution in [2.24, 2.45) is 5.73 Å². The van der Waals surface area contributed by atoms with Gasteiger partial charge in [-0.15, -0.1) is 0 Å². The van der Waals surface area contributed by atoms with Gasteiger partial charge in [0, 0.05) is 13.1 Å². The summed E-state index contributed by atoms with van der Waals surface area (Å²) in [7, 11) is 0. The molecular formula is C15H19N3O3S. The molecular weight excluding hydrogens is 302 g/mol. The Hall–Kier alpha value is -1.70. The number of aromatic nitrogens is 1. The van der Waals surface area contributed by atoms with E-state index in [9.17, 15) is 9.59 Å². The maximum absolute atomic E-state index is 12.4. The smallest absolute Gasteiger partial charge is 0.268 e. The second-order valence-electron chi connectivity index (χ2n) is 5.34. The lowest BCUT2D eigenvalue weighted by molar-refractivity contribution is -0.139. The summed E-state index contributed by atoms with van der Waals surface area (Å²) in [5.41, 5.74) is 5.44. The van der Waals surface area contributed by atoms with E-state index in [-0.39, 0.29) is 24.1 Å². The molecule has 0 unspecified atom stereocenters. The highest BCUT2D eigenvalue weighted by Gasteiger charge is 2.24. The van der Waals surface area contributed by atoms with Crippen molar-refractivity contribution in [1.29, 1.82) is 0 Å². The molecule has 0 aliphatic carbocycles. The Kier molecular flexibility index (Phi) is 4.56. The van der Waals surface area contributed by atoms with Gasteiger partial charge >= 0.3 is 0 Å². The monoisotopic (exact) mass is 321 g/mol. The number of carbonyl (C=O) groups excluding carboxylic acids is 1. The van der Waals surface area contributed by atoms with E-state index in [1.165, 1.54) is 15.5 Å². The zero-order valence-corrected chi connectivity index (χ0v) is 13.1. The number of fused-ring (bicyclic) bond motifs is 1. The minimum absolute atomic E-state index is 0.00169. The fraction of sp³-hybridized carbons (Fsp3) is 0.467. The van der Waals surface area contributed by atoms with E-state index in [1.54, 1.807) is 11.0 Å². The lowest BCUT2D eigenvalue weighted by Crippen LogP contribution is -2.47. The maximum atomic E-state index is 12.4. The van der Waals surface area contributed by atoms with Crippen molar-refractivity contribution in [2.75, 3.05) is 26.2 Å². The van der Waals surface area contributed by atoms with Gasteiger partial charge in [-0.25, -0.2) is 0 Å². The van der Waals surface area contributed by atoms with Crippen molar-refractivity contribution in [3.05, 3.63) is 34.6 Å². The zero-order valence-electron chi connectivity index (χ0n) is 12.2. The van der Waals surface area contributed by atoms with Crippen LogP contribution in [0.3, 0.4) is 0 Å². The third kappa shape index (κ3) is 3.06. The molecule has 0 bridgehead atoms. The van der Waals surface area contributed by atoms with Crippen molar-refractivity contribution < 1.29 is 9.53 Å². The molecule has 0 saturated carbocycles. The molecule has 3 rings (SSSR count). The van der Waals surface area contributed by atoms with Gasteiger partial charge in [0.25, 0.3) is 5.56 Å². The first-order valence-electron chi connectivity index (χ1n) is 7.37. The molecule has 0 radical (unpaired) electrons. The Balaban J connectivity index is 1.73. The third-order valence-corrected chi connectivity index (χ3v) is 4.88. The molecule has 0 spiro atoms. The van der Waals surface area contributed by atoms with Crippen LogP contribution in [0.15, 0.2) is 29.1 Å². The van der Waals surface area contributed by atoms with Crippen molar-refractivity contribution in [3.63, 3.8) is 0 Å². The van der Waals surface area contributed by atoms with Crippen LogP contribution in [-0.4, -0.2) is 47.1 Å². The number of benzene rings is 1. The number of amides is 1. The third-order valence-electron chi connectivity index (χ3n) is 3.81. The summed E-state index contributed by atoms with van der Waals surface area (Å²) in [6.45, 7) is 2.28. The number of hydrogen-bond donors (Lipinski definition) is 1. The van der Waals surface area contributed by atoms with Crippen LogP contribution in [-0.2, 0) is 16.1 Å². The molecule has 1 aromatic carbocycles. The molecule has 1 fully saturated rings. The predicted octanol–water partition coefficient (Wildman–Crippen LogP) is 0.639. The van der Waals surface area contributed by atoms with Gasteiger partial charge in [0.05, 0.1) is 22.8 Å². The topological polar surface area (TPSA) is 77.6 Å². The van der Waals surface area contributed by atoms with Crippen molar-refractivity contribution in [3.8, 4) is 0 Å². The fourth-order valence-electron chi connectivity index (χ4n) is 2.65. The number of hydrogen-bond acceptors (Lipinski definition) is 5. The van der Waals surface area contributed by atoms with E-state index in [0.717, 1.165) is 11.1 Å². The zero-order chi connectivity index (χ0) is 15.5. The lowest BCUT2D eigenvalue weighted by Gasteiger charge is -2.32. The first-order chi connectivity index (χ1) is 10.7. The van der Waals surface area contributed by atoms with E-state index < -0.39 is 0 Å². The number of ether oxygens (including phenoxy) is 1. The molecule has 2 heterocycles. The van der Waals surface area contributed by atoms with Crippen molar-refractivity contribution in [2.45, 2.75) is 19.1 Å². The van der Waals surface area contributed by atoms with Gasteiger partial charge in [0.1, 0.15) is 6.54 Å². The van der Waals surface area contributed by atoms with Gasteiger partial charge in [-0.3, -0.25) is 13.5 Å². The summed E-state index contributed by atoms with van der Waals surface area (Å²) in [5.74, 6) is -0.0426. The van der Waals surface area contributed by atoms with Crippen LogP contribution in [0.5, 0.6) is 0 Å². The van der Waals surface area contributed by atoms with Gasteiger partial charge in [-0.05, 0) is 25.1 Å². The van der Waals surface area contributed by atoms with Crippen LogP contribution in [0, 0.1) is 0 Å². The summed E-state index contributed by atoms with van der Waals surface area (Å²) in [6, 6.07) is 7.42.